The molecule has 74 valence electrons. The summed E-state index contributed by atoms with van der Waals surface area (Å²) in [6, 6.07) is 0. The van der Waals surface area contributed by atoms with Crippen LogP contribution in [0, 0.1) is 0 Å². The lowest BCUT2D eigenvalue weighted by Crippen LogP contribution is -1.97. The van der Waals surface area contributed by atoms with Crippen LogP contribution in [0.2, 0.25) is 0 Å². The molecule has 3 nitrogen and oxygen atoms in total. The Kier molecular flexibility index (Phi) is 5.25. The predicted octanol–water partition coefficient (Wildman–Crippen LogP) is 2.09. The number of hydrogen-bond acceptors (Lipinski definition) is 2. The van der Waals surface area contributed by atoms with Crippen molar-refractivity contribution in [2.75, 3.05) is 13.2 Å². The van der Waals surface area contributed by atoms with E-state index in [1.165, 1.54) is 19.3 Å². The summed E-state index contributed by atoms with van der Waals surface area (Å²) in [6.45, 7) is 4.85. The maximum atomic E-state index is 5.25. The van der Waals surface area contributed by atoms with E-state index in [0.717, 1.165) is 19.8 Å². The van der Waals surface area contributed by atoms with Gasteiger partial charge in [0.2, 0.25) is 0 Å². The molecule has 0 aromatic carbocycles. The zero-order valence-corrected chi connectivity index (χ0v) is 8.28. The average Bonchev–Trinajstić information content (AvgIpc) is 2.63. The van der Waals surface area contributed by atoms with Crippen LogP contribution in [0.15, 0.2) is 18.7 Å². The van der Waals surface area contributed by atoms with E-state index in [1.54, 1.807) is 0 Å². The monoisotopic (exact) mass is 182 g/mol. The number of aryl methyl sites for hydroxylation is 1. The molecular formula is C10H18N2O. The largest absolute Gasteiger partial charge is 0.382 e. The van der Waals surface area contributed by atoms with Crippen molar-refractivity contribution in [2.24, 2.45) is 0 Å². The van der Waals surface area contributed by atoms with Gasteiger partial charge in [0.1, 0.15) is 0 Å². The van der Waals surface area contributed by atoms with Crippen LogP contribution in [0.25, 0.3) is 0 Å². The van der Waals surface area contributed by atoms with Crippen LogP contribution < -0.4 is 0 Å². The van der Waals surface area contributed by atoms with Gasteiger partial charge in [-0.1, -0.05) is 0 Å². The molecule has 3 heteroatoms. The fourth-order valence-electron chi connectivity index (χ4n) is 1.24. The summed E-state index contributed by atoms with van der Waals surface area (Å²) in [5, 5.41) is 0. The highest BCUT2D eigenvalue weighted by molar-refractivity contribution is 4.73. The van der Waals surface area contributed by atoms with Gasteiger partial charge in [-0.2, -0.15) is 0 Å². The third-order valence-corrected chi connectivity index (χ3v) is 1.97. The summed E-state index contributed by atoms with van der Waals surface area (Å²) in [7, 11) is 0. The standard InChI is InChI=1S/C10H18N2O/c1-2-13-9-5-3-4-7-12-8-6-11-10-12/h6,8,10H,2-5,7,9H2,1H3. The smallest absolute Gasteiger partial charge is 0.0945 e. The molecule has 0 radical (unpaired) electrons. The van der Waals surface area contributed by atoms with Crippen LogP contribution >= 0.6 is 0 Å². The van der Waals surface area contributed by atoms with Gasteiger partial charge in [-0.05, 0) is 26.2 Å². The summed E-state index contributed by atoms with van der Waals surface area (Å²) in [5.41, 5.74) is 0. The molecule has 0 unspecified atom stereocenters. The minimum atomic E-state index is 0.835. The van der Waals surface area contributed by atoms with E-state index < -0.39 is 0 Å². The number of unbranched alkanes of at least 4 members (excludes halogenated alkanes) is 2. The Bertz CT molecular complexity index is 197. The molecule has 0 bridgehead atoms. The Hall–Kier alpha value is -0.830. The van der Waals surface area contributed by atoms with E-state index in [-0.39, 0.29) is 0 Å². The molecule has 0 spiro atoms. The van der Waals surface area contributed by atoms with Gasteiger partial charge >= 0.3 is 0 Å². The Morgan fingerprint density at radius 3 is 2.92 bits per heavy atom. The SMILES string of the molecule is CCOCCCCCn1ccnc1. The Labute approximate surface area is 79.7 Å². The van der Waals surface area contributed by atoms with E-state index >= 15 is 0 Å². The second-order valence-electron chi connectivity index (χ2n) is 3.06. The van der Waals surface area contributed by atoms with E-state index in [9.17, 15) is 0 Å². The average molecular weight is 182 g/mol. The quantitative estimate of drug-likeness (QED) is 0.604. The zero-order chi connectivity index (χ0) is 9.36. The van der Waals surface area contributed by atoms with Crippen molar-refractivity contribution in [2.45, 2.75) is 32.7 Å². The molecule has 0 saturated heterocycles. The summed E-state index contributed by atoms with van der Waals surface area (Å²) in [5.74, 6) is 0. The number of nitrogens with zero attached hydrogens (tertiary/aromatic N) is 2. The molecule has 0 fully saturated rings. The van der Waals surface area contributed by atoms with Crippen molar-refractivity contribution in [3.63, 3.8) is 0 Å². The van der Waals surface area contributed by atoms with Crippen LogP contribution in [0.1, 0.15) is 26.2 Å². The van der Waals surface area contributed by atoms with Gasteiger partial charge in [0.25, 0.3) is 0 Å². The number of hydrogen-bond donors (Lipinski definition) is 0. The van der Waals surface area contributed by atoms with E-state index in [1.807, 2.05) is 25.6 Å². The van der Waals surface area contributed by atoms with E-state index in [0.29, 0.717) is 0 Å². The molecule has 1 aromatic heterocycles. The second-order valence-corrected chi connectivity index (χ2v) is 3.06. The first kappa shape index (κ1) is 10.3. The van der Waals surface area contributed by atoms with Crippen molar-refractivity contribution in [1.29, 1.82) is 0 Å². The number of rotatable bonds is 7. The number of imidazole rings is 1. The van der Waals surface area contributed by atoms with Gasteiger partial charge < -0.3 is 9.30 Å². The molecule has 0 saturated carbocycles. The fourth-order valence-corrected chi connectivity index (χ4v) is 1.24. The second kappa shape index (κ2) is 6.66. The van der Waals surface area contributed by atoms with Crippen molar-refractivity contribution in [3.8, 4) is 0 Å². The fraction of sp³-hybridized carbons (Fsp3) is 0.700. The van der Waals surface area contributed by atoms with Gasteiger partial charge in [0.15, 0.2) is 0 Å². The number of aromatic nitrogens is 2. The maximum Gasteiger partial charge on any atom is 0.0945 e. The lowest BCUT2D eigenvalue weighted by molar-refractivity contribution is 0.142. The van der Waals surface area contributed by atoms with Gasteiger partial charge in [-0.15, -0.1) is 0 Å². The van der Waals surface area contributed by atoms with Crippen LogP contribution in [-0.2, 0) is 11.3 Å². The lowest BCUT2D eigenvalue weighted by atomic mass is 10.2. The first-order valence-electron chi connectivity index (χ1n) is 4.97. The van der Waals surface area contributed by atoms with Crippen molar-refractivity contribution < 1.29 is 4.74 Å². The molecular weight excluding hydrogens is 164 g/mol. The summed E-state index contributed by atoms with van der Waals surface area (Å²) < 4.78 is 7.36. The van der Waals surface area contributed by atoms with Gasteiger partial charge in [-0.25, -0.2) is 4.98 Å². The molecule has 1 rings (SSSR count). The first-order valence-corrected chi connectivity index (χ1v) is 4.97. The van der Waals surface area contributed by atoms with Crippen LogP contribution in [0.5, 0.6) is 0 Å². The van der Waals surface area contributed by atoms with Crippen LogP contribution in [0.3, 0.4) is 0 Å². The molecule has 1 aromatic rings. The van der Waals surface area contributed by atoms with E-state index in [4.69, 9.17) is 4.74 Å². The van der Waals surface area contributed by atoms with Gasteiger partial charge in [0, 0.05) is 32.2 Å². The molecule has 0 aliphatic carbocycles. The van der Waals surface area contributed by atoms with Crippen molar-refractivity contribution in [1.82, 2.24) is 9.55 Å². The minimum Gasteiger partial charge on any atom is -0.382 e. The zero-order valence-electron chi connectivity index (χ0n) is 8.28. The molecule has 0 aliphatic heterocycles. The Balaban J connectivity index is 1.90. The van der Waals surface area contributed by atoms with Crippen molar-refractivity contribution in [3.05, 3.63) is 18.7 Å². The van der Waals surface area contributed by atoms with E-state index in [2.05, 4.69) is 9.55 Å². The lowest BCUT2D eigenvalue weighted by Gasteiger charge is -2.02. The third kappa shape index (κ3) is 4.68. The topological polar surface area (TPSA) is 27.1 Å². The highest BCUT2D eigenvalue weighted by Crippen LogP contribution is 1.99. The van der Waals surface area contributed by atoms with Crippen molar-refractivity contribution >= 4 is 0 Å². The number of ether oxygens (including phenoxy) is 1. The highest BCUT2D eigenvalue weighted by atomic mass is 16.5. The summed E-state index contributed by atoms with van der Waals surface area (Å²) >= 11 is 0. The molecule has 0 aliphatic rings. The van der Waals surface area contributed by atoms with Crippen LogP contribution in [-0.4, -0.2) is 22.8 Å². The van der Waals surface area contributed by atoms with Gasteiger partial charge in [0.05, 0.1) is 6.33 Å². The third-order valence-electron chi connectivity index (χ3n) is 1.97. The molecule has 0 amide bonds. The molecule has 0 N–H and O–H groups in total. The summed E-state index contributed by atoms with van der Waals surface area (Å²) in [4.78, 5) is 3.99. The van der Waals surface area contributed by atoms with Crippen LogP contribution in [0.4, 0.5) is 0 Å². The highest BCUT2D eigenvalue weighted by Gasteiger charge is 1.91. The minimum absolute atomic E-state index is 0.835. The summed E-state index contributed by atoms with van der Waals surface area (Å²) in [6.07, 6.45) is 9.30. The first-order chi connectivity index (χ1) is 6.43. The normalized spacial score (nSPS) is 10.5. The van der Waals surface area contributed by atoms with Gasteiger partial charge in [-0.3, -0.25) is 0 Å². The molecule has 0 atom stereocenters. The molecule has 1 heterocycles. The predicted molar refractivity (Wildman–Crippen MR) is 52.6 cm³/mol. The maximum absolute atomic E-state index is 5.25. The molecule has 13 heavy (non-hydrogen) atoms. The Morgan fingerprint density at radius 1 is 1.31 bits per heavy atom. The Morgan fingerprint density at radius 2 is 2.23 bits per heavy atom.